The molecule has 100 valence electrons. The van der Waals surface area contributed by atoms with Gasteiger partial charge in [-0.1, -0.05) is 6.92 Å². The highest BCUT2D eigenvalue weighted by molar-refractivity contribution is 7.90. The first-order chi connectivity index (χ1) is 8.35. The molecule has 18 heavy (non-hydrogen) atoms. The number of methoxy groups -OCH3 is 2. The summed E-state index contributed by atoms with van der Waals surface area (Å²) in [5.41, 5.74) is 0.937. The molecule has 1 aromatic rings. The van der Waals surface area contributed by atoms with Gasteiger partial charge in [0.2, 0.25) is 0 Å². The van der Waals surface area contributed by atoms with Crippen molar-refractivity contribution in [1.29, 1.82) is 0 Å². The van der Waals surface area contributed by atoms with E-state index in [-0.39, 0.29) is 16.2 Å². The largest absolute Gasteiger partial charge is 0.495 e. The molecule has 0 aromatic heterocycles. The Morgan fingerprint density at radius 3 is 2.28 bits per heavy atom. The lowest BCUT2D eigenvalue weighted by Crippen LogP contribution is -2.09. The van der Waals surface area contributed by atoms with Gasteiger partial charge in [0, 0.05) is 6.26 Å². The van der Waals surface area contributed by atoms with E-state index >= 15 is 0 Å². The summed E-state index contributed by atoms with van der Waals surface area (Å²) in [7, 11) is -0.821. The number of sulfone groups is 1. The van der Waals surface area contributed by atoms with Gasteiger partial charge in [-0.2, -0.15) is 0 Å². The van der Waals surface area contributed by atoms with Crippen LogP contribution in [0.4, 0.5) is 0 Å². The maximum absolute atomic E-state index is 11.6. The molecular weight excluding hydrogens is 256 g/mol. The second-order valence-corrected chi connectivity index (χ2v) is 5.76. The normalized spacial score (nSPS) is 11.1. The van der Waals surface area contributed by atoms with Crippen molar-refractivity contribution >= 4 is 15.8 Å². The summed E-state index contributed by atoms with van der Waals surface area (Å²) in [4.78, 5) is 11.6. The fraction of sp³-hybridized carbons (Fsp3) is 0.417. The lowest BCUT2D eigenvalue weighted by Gasteiger charge is -2.12. The molecule has 0 bridgehead atoms. The number of benzene rings is 1. The van der Waals surface area contributed by atoms with Crippen molar-refractivity contribution in [2.75, 3.05) is 20.5 Å². The molecule has 0 saturated carbocycles. The van der Waals surface area contributed by atoms with Crippen molar-refractivity contribution in [1.82, 2.24) is 0 Å². The number of rotatable bonds is 4. The Hall–Kier alpha value is -1.56. The topological polar surface area (TPSA) is 69.7 Å². The monoisotopic (exact) mass is 272 g/mol. The van der Waals surface area contributed by atoms with E-state index < -0.39 is 15.8 Å². The molecule has 0 unspecified atom stereocenters. The fourth-order valence-electron chi connectivity index (χ4n) is 1.64. The number of esters is 1. The summed E-state index contributed by atoms with van der Waals surface area (Å²) in [5.74, 6) is -0.318. The van der Waals surface area contributed by atoms with Crippen molar-refractivity contribution in [3.8, 4) is 5.75 Å². The van der Waals surface area contributed by atoms with Gasteiger partial charge in [0.1, 0.15) is 10.6 Å². The van der Waals surface area contributed by atoms with E-state index in [4.69, 9.17) is 4.74 Å². The Balaban J connectivity index is 3.59. The van der Waals surface area contributed by atoms with Gasteiger partial charge < -0.3 is 9.47 Å². The summed E-state index contributed by atoms with van der Waals surface area (Å²) in [6, 6.07) is 2.86. The molecule has 6 heteroatoms. The summed E-state index contributed by atoms with van der Waals surface area (Å²) >= 11 is 0. The molecule has 0 amide bonds. The fourth-order valence-corrected chi connectivity index (χ4v) is 2.48. The molecule has 0 saturated heterocycles. The molecule has 0 heterocycles. The Labute approximate surface area is 107 Å². The Bertz CT molecular complexity index is 560. The van der Waals surface area contributed by atoms with Gasteiger partial charge in [0.05, 0.1) is 19.8 Å². The highest BCUT2D eigenvalue weighted by Crippen LogP contribution is 2.28. The van der Waals surface area contributed by atoms with E-state index in [1.165, 1.54) is 20.3 Å². The number of aryl methyl sites for hydroxylation is 1. The van der Waals surface area contributed by atoms with Crippen molar-refractivity contribution in [2.45, 2.75) is 18.2 Å². The number of ether oxygens (including phenoxy) is 2. The molecular formula is C12H16O5S. The zero-order valence-electron chi connectivity index (χ0n) is 10.8. The van der Waals surface area contributed by atoms with E-state index in [2.05, 4.69) is 4.74 Å². The number of hydrogen-bond donors (Lipinski definition) is 0. The number of hydrogen-bond acceptors (Lipinski definition) is 5. The van der Waals surface area contributed by atoms with Crippen LogP contribution in [0.2, 0.25) is 0 Å². The van der Waals surface area contributed by atoms with Crippen molar-refractivity contribution < 1.29 is 22.7 Å². The maximum atomic E-state index is 11.6. The average Bonchev–Trinajstić information content (AvgIpc) is 2.34. The van der Waals surface area contributed by atoms with Crippen LogP contribution in [0.15, 0.2) is 17.0 Å². The molecule has 0 atom stereocenters. The van der Waals surface area contributed by atoms with Crippen LogP contribution in [-0.4, -0.2) is 34.9 Å². The summed E-state index contributed by atoms with van der Waals surface area (Å²) < 4.78 is 33.0. The summed E-state index contributed by atoms with van der Waals surface area (Å²) in [6.45, 7) is 1.86. The van der Waals surface area contributed by atoms with Crippen molar-refractivity contribution in [3.63, 3.8) is 0 Å². The van der Waals surface area contributed by atoms with Gasteiger partial charge in [-0.05, 0) is 24.1 Å². The van der Waals surface area contributed by atoms with Crippen LogP contribution in [0.25, 0.3) is 0 Å². The number of carbonyl (C=O) groups excluding carboxylic acids is 1. The van der Waals surface area contributed by atoms with E-state index in [0.29, 0.717) is 12.0 Å². The van der Waals surface area contributed by atoms with E-state index in [0.717, 1.165) is 6.26 Å². The molecule has 0 fully saturated rings. The molecule has 0 spiro atoms. The molecule has 5 nitrogen and oxygen atoms in total. The average molecular weight is 272 g/mol. The standard InChI is InChI=1S/C12H16O5S/c1-5-8-6-10(16-2)11(18(4,14)15)7-9(8)12(13)17-3/h6-7H,5H2,1-4H3. The second-order valence-electron chi connectivity index (χ2n) is 3.78. The first-order valence-corrected chi connectivity index (χ1v) is 7.23. The third-order valence-electron chi connectivity index (χ3n) is 2.58. The van der Waals surface area contributed by atoms with E-state index in [9.17, 15) is 13.2 Å². The lowest BCUT2D eigenvalue weighted by molar-refractivity contribution is 0.0599. The quantitative estimate of drug-likeness (QED) is 0.776. The predicted octanol–water partition coefficient (Wildman–Crippen LogP) is 1.45. The number of carbonyl (C=O) groups is 1. The van der Waals surface area contributed by atoms with Crippen LogP contribution >= 0.6 is 0 Å². The van der Waals surface area contributed by atoms with Crippen LogP contribution < -0.4 is 4.74 Å². The zero-order chi connectivity index (χ0) is 13.9. The van der Waals surface area contributed by atoms with Crippen LogP contribution in [0, 0.1) is 0 Å². The van der Waals surface area contributed by atoms with E-state index in [1.807, 2.05) is 6.92 Å². The molecule has 0 radical (unpaired) electrons. The smallest absolute Gasteiger partial charge is 0.338 e. The highest BCUT2D eigenvalue weighted by Gasteiger charge is 2.21. The van der Waals surface area contributed by atoms with Gasteiger partial charge in [-0.25, -0.2) is 13.2 Å². The third kappa shape index (κ3) is 2.81. The minimum atomic E-state index is -3.47. The van der Waals surface area contributed by atoms with Gasteiger partial charge in [0.25, 0.3) is 0 Å². The minimum Gasteiger partial charge on any atom is -0.495 e. The first-order valence-electron chi connectivity index (χ1n) is 5.34. The van der Waals surface area contributed by atoms with Gasteiger partial charge in [-0.15, -0.1) is 0 Å². The summed E-state index contributed by atoms with van der Waals surface area (Å²) in [6.07, 6.45) is 1.64. The minimum absolute atomic E-state index is 0.0115. The van der Waals surface area contributed by atoms with Crippen LogP contribution in [0.1, 0.15) is 22.8 Å². The SMILES string of the molecule is CCc1cc(OC)c(S(C)(=O)=O)cc1C(=O)OC. The molecule has 1 aromatic carbocycles. The van der Waals surface area contributed by atoms with E-state index in [1.54, 1.807) is 6.07 Å². The Morgan fingerprint density at radius 2 is 1.89 bits per heavy atom. The second kappa shape index (κ2) is 5.39. The molecule has 1 rings (SSSR count). The van der Waals surface area contributed by atoms with Crippen molar-refractivity contribution in [3.05, 3.63) is 23.3 Å². The van der Waals surface area contributed by atoms with Crippen LogP contribution in [-0.2, 0) is 21.0 Å². The Morgan fingerprint density at radius 1 is 1.28 bits per heavy atom. The van der Waals surface area contributed by atoms with Crippen molar-refractivity contribution in [2.24, 2.45) is 0 Å². The first kappa shape index (κ1) is 14.5. The molecule has 0 N–H and O–H groups in total. The molecule has 0 aliphatic heterocycles. The van der Waals surface area contributed by atoms with Crippen LogP contribution in [0.3, 0.4) is 0 Å². The predicted molar refractivity (Wildman–Crippen MR) is 66.8 cm³/mol. The summed E-state index contributed by atoms with van der Waals surface area (Å²) in [5, 5.41) is 0. The molecule has 0 aliphatic rings. The maximum Gasteiger partial charge on any atom is 0.338 e. The van der Waals surface area contributed by atoms with Gasteiger partial charge >= 0.3 is 5.97 Å². The third-order valence-corrected chi connectivity index (χ3v) is 3.69. The van der Waals surface area contributed by atoms with Gasteiger partial charge in [0.15, 0.2) is 9.84 Å². The zero-order valence-corrected chi connectivity index (χ0v) is 11.6. The highest BCUT2D eigenvalue weighted by atomic mass is 32.2. The van der Waals surface area contributed by atoms with Gasteiger partial charge in [-0.3, -0.25) is 0 Å². The lowest BCUT2D eigenvalue weighted by atomic mass is 10.0. The van der Waals surface area contributed by atoms with Crippen LogP contribution in [0.5, 0.6) is 5.75 Å². The Kier molecular flexibility index (Phi) is 4.34. The molecule has 0 aliphatic carbocycles.